The van der Waals surface area contributed by atoms with Crippen molar-refractivity contribution in [2.45, 2.75) is 51.7 Å². The van der Waals surface area contributed by atoms with Crippen molar-refractivity contribution in [2.75, 3.05) is 44.0 Å². The van der Waals surface area contributed by atoms with Crippen molar-refractivity contribution < 1.29 is 18.3 Å². The summed E-state index contributed by atoms with van der Waals surface area (Å²) in [6.45, 7) is 8.62. The van der Waals surface area contributed by atoms with Crippen LogP contribution >= 0.6 is 0 Å². The number of hydrogen-bond acceptors (Lipinski definition) is 8. The third-order valence-corrected chi connectivity index (χ3v) is 7.23. The smallest absolute Gasteiger partial charge is 0.229 e. The van der Waals surface area contributed by atoms with Crippen LogP contribution in [0.25, 0.3) is 11.3 Å². The molecule has 10 heteroatoms. The van der Waals surface area contributed by atoms with E-state index in [0.717, 1.165) is 37.7 Å². The average molecular weight is 525 g/mol. The van der Waals surface area contributed by atoms with Crippen LogP contribution < -0.4 is 19.7 Å². The second-order valence-electron chi connectivity index (χ2n) is 10.4. The van der Waals surface area contributed by atoms with E-state index < -0.39 is 11.6 Å². The molecule has 2 aliphatic heterocycles. The van der Waals surface area contributed by atoms with Crippen molar-refractivity contribution in [1.82, 2.24) is 19.9 Å². The predicted octanol–water partition coefficient (Wildman–Crippen LogP) is 5.37. The van der Waals surface area contributed by atoms with Crippen LogP contribution in [0.1, 0.15) is 45.1 Å². The molecule has 0 spiro atoms. The van der Waals surface area contributed by atoms with Gasteiger partial charge in [-0.15, -0.1) is 0 Å². The molecule has 1 atom stereocenters. The molecule has 38 heavy (non-hydrogen) atoms. The standard InChI is InChI=1S/C28H34F2N6O2/c1-16(2)36-15-17(3)38-26-21(29)12-19(13-23(26)36)25-22(30)14-31-28(34-25)33-24-7-6-20(27(32-24)37-5)18-8-10-35(4)11-9-18/h6-7,12-14,16-18H,8-11,15H2,1-5H3,(H,31,32,33,34). The lowest BCUT2D eigenvalue weighted by Gasteiger charge is -2.38. The number of benzene rings is 1. The molecule has 4 heterocycles. The molecule has 0 bridgehead atoms. The maximum Gasteiger partial charge on any atom is 0.229 e. The Balaban J connectivity index is 1.44. The van der Waals surface area contributed by atoms with E-state index in [1.165, 1.54) is 6.07 Å². The van der Waals surface area contributed by atoms with Crippen LogP contribution in [-0.4, -0.2) is 65.8 Å². The monoisotopic (exact) mass is 524 g/mol. The Hall–Kier alpha value is -3.53. The number of pyridine rings is 1. The van der Waals surface area contributed by atoms with Crippen molar-refractivity contribution in [3.05, 3.63) is 47.7 Å². The van der Waals surface area contributed by atoms with Gasteiger partial charge >= 0.3 is 0 Å². The van der Waals surface area contributed by atoms with Gasteiger partial charge in [-0.3, -0.25) is 0 Å². The van der Waals surface area contributed by atoms with Gasteiger partial charge in [-0.2, -0.15) is 4.98 Å². The third-order valence-electron chi connectivity index (χ3n) is 7.23. The Labute approximate surface area is 222 Å². The Kier molecular flexibility index (Phi) is 7.34. The summed E-state index contributed by atoms with van der Waals surface area (Å²) >= 11 is 0. The van der Waals surface area contributed by atoms with Crippen LogP contribution in [-0.2, 0) is 0 Å². The second kappa shape index (κ2) is 10.7. The first-order valence-corrected chi connectivity index (χ1v) is 13.0. The number of anilines is 3. The first kappa shape index (κ1) is 26.1. The minimum Gasteiger partial charge on any atom is -0.484 e. The molecule has 3 aromatic rings. The summed E-state index contributed by atoms with van der Waals surface area (Å²) in [5, 5.41) is 3.05. The van der Waals surface area contributed by atoms with Gasteiger partial charge in [0.15, 0.2) is 17.4 Å². The highest BCUT2D eigenvalue weighted by Crippen LogP contribution is 2.41. The molecule has 1 fully saturated rings. The first-order valence-electron chi connectivity index (χ1n) is 13.0. The van der Waals surface area contributed by atoms with Crippen LogP contribution in [0.2, 0.25) is 0 Å². The van der Waals surface area contributed by atoms with Crippen molar-refractivity contribution in [3.8, 4) is 22.9 Å². The molecule has 0 aliphatic carbocycles. The number of piperidine rings is 1. The van der Waals surface area contributed by atoms with E-state index in [2.05, 4.69) is 37.1 Å². The number of methoxy groups -OCH3 is 1. The molecular weight excluding hydrogens is 490 g/mol. The SMILES string of the molecule is COc1nc(Nc2ncc(F)c(-c3cc(F)c4c(c3)N(C(C)C)CC(C)O4)n2)ccc1C1CCN(C)CC1. The van der Waals surface area contributed by atoms with Gasteiger partial charge in [0, 0.05) is 17.2 Å². The minimum atomic E-state index is -0.653. The highest BCUT2D eigenvalue weighted by molar-refractivity contribution is 5.73. The summed E-state index contributed by atoms with van der Waals surface area (Å²) in [5.41, 5.74) is 1.94. The molecule has 0 amide bonds. The highest BCUT2D eigenvalue weighted by Gasteiger charge is 2.29. The minimum absolute atomic E-state index is 0.0126. The van der Waals surface area contributed by atoms with Gasteiger partial charge in [0.1, 0.15) is 17.6 Å². The van der Waals surface area contributed by atoms with Gasteiger partial charge in [-0.25, -0.2) is 18.7 Å². The topological polar surface area (TPSA) is 75.6 Å². The molecule has 5 rings (SSSR count). The molecular formula is C28H34F2N6O2. The summed E-state index contributed by atoms with van der Waals surface area (Å²) in [7, 11) is 3.73. The molecule has 0 saturated carbocycles. The molecule has 1 aromatic carbocycles. The number of likely N-dealkylation sites (tertiary alicyclic amines) is 1. The molecule has 1 N–H and O–H groups in total. The predicted molar refractivity (Wildman–Crippen MR) is 143 cm³/mol. The second-order valence-corrected chi connectivity index (χ2v) is 10.4. The van der Waals surface area contributed by atoms with Crippen LogP contribution in [0.3, 0.4) is 0 Å². The lowest BCUT2D eigenvalue weighted by atomic mass is 9.90. The molecule has 2 aliphatic rings. The summed E-state index contributed by atoms with van der Waals surface area (Å²) in [6, 6.07) is 6.94. The van der Waals surface area contributed by atoms with Gasteiger partial charge < -0.3 is 24.6 Å². The number of halogens is 2. The fourth-order valence-corrected chi connectivity index (χ4v) is 5.21. The number of aromatic nitrogens is 3. The highest BCUT2D eigenvalue weighted by atomic mass is 19.1. The first-order chi connectivity index (χ1) is 18.2. The van der Waals surface area contributed by atoms with Gasteiger partial charge in [-0.1, -0.05) is 0 Å². The maximum atomic E-state index is 15.1. The fourth-order valence-electron chi connectivity index (χ4n) is 5.21. The molecule has 202 valence electrons. The van der Waals surface area contributed by atoms with Gasteiger partial charge in [0.25, 0.3) is 0 Å². The van der Waals surface area contributed by atoms with E-state index in [-0.39, 0.29) is 29.5 Å². The van der Waals surface area contributed by atoms with Gasteiger partial charge in [-0.05, 0) is 83.9 Å². The number of fused-ring (bicyclic) bond motifs is 1. The average Bonchev–Trinajstić information content (AvgIpc) is 2.90. The lowest BCUT2D eigenvalue weighted by molar-refractivity contribution is 0.199. The number of hydrogen-bond donors (Lipinski definition) is 1. The maximum absolute atomic E-state index is 15.1. The molecule has 8 nitrogen and oxygen atoms in total. The number of rotatable bonds is 6. The van der Waals surface area contributed by atoms with Crippen LogP contribution in [0.5, 0.6) is 11.6 Å². The van der Waals surface area contributed by atoms with E-state index in [1.807, 2.05) is 32.9 Å². The normalized spacial score (nSPS) is 18.3. The van der Waals surface area contributed by atoms with Crippen molar-refractivity contribution in [1.29, 1.82) is 0 Å². The zero-order valence-electron chi connectivity index (χ0n) is 22.5. The fraction of sp³-hybridized carbons (Fsp3) is 0.464. The number of nitrogens with zero attached hydrogens (tertiary/aromatic N) is 5. The van der Waals surface area contributed by atoms with Crippen LogP contribution in [0.4, 0.5) is 26.2 Å². The Morgan fingerprint density at radius 2 is 1.87 bits per heavy atom. The lowest BCUT2D eigenvalue weighted by Crippen LogP contribution is -2.42. The summed E-state index contributed by atoms with van der Waals surface area (Å²) in [4.78, 5) is 17.4. The Morgan fingerprint density at radius 3 is 2.58 bits per heavy atom. The van der Waals surface area contributed by atoms with E-state index >= 15 is 4.39 Å². The molecule has 2 aromatic heterocycles. The Bertz CT molecular complexity index is 1310. The number of nitrogens with one attached hydrogen (secondary N) is 1. The largest absolute Gasteiger partial charge is 0.484 e. The summed E-state index contributed by atoms with van der Waals surface area (Å²) < 4.78 is 41.4. The molecule has 1 saturated heterocycles. The van der Waals surface area contributed by atoms with E-state index in [0.29, 0.717) is 35.4 Å². The number of ether oxygens (including phenoxy) is 2. The van der Waals surface area contributed by atoms with Crippen LogP contribution in [0.15, 0.2) is 30.5 Å². The molecule has 1 unspecified atom stereocenters. The van der Waals surface area contributed by atoms with E-state index in [4.69, 9.17) is 9.47 Å². The zero-order chi connectivity index (χ0) is 27.0. The third kappa shape index (κ3) is 5.22. The zero-order valence-corrected chi connectivity index (χ0v) is 22.5. The Morgan fingerprint density at radius 1 is 1.11 bits per heavy atom. The van der Waals surface area contributed by atoms with Crippen molar-refractivity contribution in [3.63, 3.8) is 0 Å². The van der Waals surface area contributed by atoms with E-state index in [9.17, 15) is 4.39 Å². The van der Waals surface area contributed by atoms with Crippen molar-refractivity contribution >= 4 is 17.5 Å². The van der Waals surface area contributed by atoms with Gasteiger partial charge in [0.2, 0.25) is 11.8 Å². The van der Waals surface area contributed by atoms with E-state index in [1.54, 1.807) is 13.2 Å². The molecule has 0 radical (unpaired) electrons. The summed E-state index contributed by atoms with van der Waals surface area (Å²) in [6.07, 6.45) is 3.00. The quantitative estimate of drug-likeness (QED) is 0.461. The summed E-state index contributed by atoms with van der Waals surface area (Å²) in [5.74, 6) is 0.513. The van der Waals surface area contributed by atoms with Crippen LogP contribution in [0, 0.1) is 11.6 Å². The van der Waals surface area contributed by atoms with Crippen molar-refractivity contribution in [2.24, 2.45) is 0 Å². The van der Waals surface area contributed by atoms with Gasteiger partial charge in [0.05, 0.1) is 25.5 Å².